The predicted molar refractivity (Wildman–Crippen MR) is 36.7 cm³/mol. The molecule has 0 aromatic heterocycles. The van der Waals surface area contributed by atoms with Crippen LogP contribution in [0.1, 0.15) is 6.92 Å². The molecule has 0 atom stereocenters. The molecular weight excluding hydrogens is 166 g/mol. The lowest BCUT2D eigenvalue weighted by Crippen LogP contribution is -2.30. The summed E-state index contributed by atoms with van der Waals surface area (Å²) >= 11 is 0. The third kappa shape index (κ3) is 3.35. The van der Waals surface area contributed by atoms with Crippen molar-refractivity contribution in [2.24, 2.45) is 0 Å². The third-order valence-corrected chi connectivity index (χ3v) is 0.799. The normalized spacial score (nSPS) is 8.42. The summed E-state index contributed by atoms with van der Waals surface area (Å²) in [5.41, 5.74) is 1.70. The Labute approximate surface area is 67.8 Å². The molecule has 1 amide bonds. The number of amides is 1. The van der Waals surface area contributed by atoms with Gasteiger partial charge in [-0.3, -0.25) is 4.79 Å². The van der Waals surface area contributed by atoms with E-state index in [1.54, 1.807) is 5.48 Å². The maximum absolute atomic E-state index is 10.6. The van der Waals surface area contributed by atoms with Crippen molar-refractivity contribution in [2.75, 3.05) is 0 Å². The smallest absolute Gasteiger partial charge is 0.441 e. The molecule has 0 fully saturated rings. The van der Waals surface area contributed by atoms with Crippen LogP contribution in [0.5, 0.6) is 0 Å². The van der Waals surface area contributed by atoms with Gasteiger partial charge in [0.1, 0.15) is 0 Å². The Bertz CT molecular complexity index is 218. The molecule has 0 aromatic rings. The Kier molecular flexibility index (Phi) is 3.48. The second-order valence-electron chi connectivity index (χ2n) is 1.91. The van der Waals surface area contributed by atoms with Gasteiger partial charge in [0.25, 0.3) is 5.91 Å². The number of rotatable bonds is 1. The fraction of sp³-hybridized carbons (Fsp3) is 0.167. The molecule has 0 heterocycles. The molecule has 0 aliphatic heterocycles. The molecule has 12 heavy (non-hydrogen) atoms. The summed E-state index contributed by atoms with van der Waals surface area (Å²) in [6.07, 6.45) is 0. The molecule has 0 saturated heterocycles. The second kappa shape index (κ2) is 4.12. The molecule has 0 unspecified atom stereocenters. The van der Waals surface area contributed by atoms with Gasteiger partial charge < -0.3 is 9.94 Å². The summed E-state index contributed by atoms with van der Waals surface area (Å²) in [7, 11) is 0. The number of aliphatic carboxylic acids is 1. The number of hydroxylamine groups is 1. The molecule has 0 rings (SSSR count). The van der Waals surface area contributed by atoms with E-state index in [0.717, 1.165) is 0 Å². The van der Waals surface area contributed by atoms with Gasteiger partial charge in [0.2, 0.25) is 0 Å². The minimum atomic E-state index is -1.78. The van der Waals surface area contributed by atoms with Gasteiger partial charge in [-0.1, -0.05) is 6.58 Å². The highest BCUT2D eigenvalue weighted by molar-refractivity contribution is 6.28. The Morgan fingerprint density at radius 3 is 2.25 bits per heavy atom. The van der Waals surface area contributed by atoms with Gasteiger partial charge in [-0.2, -0.15) is 5.48 Å². The number of nitrogens with one attached hydrogen (secondary N) is 1. The van der Waals surface area contributed by atoms with E-state index in [0.29, 0.717) is 0 Å². The highest BCUT2D eigenvalue weighted by atomic mass is 16.7. The van der Waals surface area contributed by atoms with Crippen molar-refractivity contribution >= 4 is 17.8 Å². The number of carbonyl (C=O) groups excluding carboxylic acids is 2. The first kappa shape index (κ1) is 10.2. The van der Waals surface area contributed by atoms with Crippen molar-refractivity contribution in [1.82, 2.24) is 5.48 Å². The summed E-state index contributed by atoms with van der Waals surface area (Å²) in [4.78, 5) is 34.5. The average molecular weight is 173 g/mol. The van der Waals surface area contributed by atoms with Crippen LogP contribution in [0.2, 0.25) is 0 Å². The van der Waals surface area contributed by atoms with E-state index in [9.17, 15) is 14.4 Å². The van der Waals surface area contributed by atoms with Crippen LogP contribution in [0.4, 0.5) is 0 Å². The molecule has 0 saturated carbocycles. The lowest BCUT2D eigenvalue weighted by Gasteiger charge is -2.01. The second-order valence-corrected chi connectivity index (χ2v) is 1.91. The standard InChI is InChI=1S/C6H7NO5/c1-3(2)4(8)7-12-6(11)5(9)10/h1H2,2H3,(H,7,8)(H,9,10). The highest BCUT2D eigenvalue weighted by Gasteiger charge is 2.14. The molecule has 0 bridgehead atoms. The number of carboxylic acids is 1. The summed E-state index contributed by atoms with van der Waals surface area (Å²) in [5.74, 6) is -4.08. The number of hydrogen-bond acceptors (Lipinski definition) is 4. The number of carboxylic acid groups (broad SMARTS) is 1. The van der Waals surface area contributed by atoms with E-state index in [4.69, 9.17) is 5.11 Å². The zero-order chi connectivity index (χ0) is 9.72. The number of carbonyl (C=O) groups is 3. The van der Waals surface area contributed by atoms with Crippen LogP contribution in [-0.4, -0.2) is 23.0 Å². The molecule has 2 N–H and O–H groups in total. The molecule has 0 aromatic carbocycles. The van der Waals surface area contributed by atoms with Crippen LogP contribution in [0, 0.1) is 0 Å². The fourth-order valence-corrected chi connectivity index (χ4v) is 0.223. The quantitative estimate of drug-likeness (QED) is 0.308. The van der Waals surface area contributed by atoms with Crippen LogP contribution in [0.15, 0.2) is 12.2 Å². The third-order valence-electron chi connectivity index (χ3n) is 0.799. The minimum absolute atomic E-state index is 0.105. The van der Waals surface area contributed by atoms with Crippen LogP contribution in [0.3, 0.4) is 0 Å². The monoisotopic (exact) mass is 173 g/mol. The fourth-order valence-electron chi connectivity index (χ4n) is 0.223. The first-order chi connectivity index (χ1) is 5.45. The molecule has 6 nitrogen and oxygen atoms in total. The van der Waals surface area contributed by atoms with Crippen LogP contribution < -0.4 is 5.48 Å². The van der Waals surface area contributed by atoms with Crippen molar-refractivity contribution in [3.05, 3.63) is 12.2 Å². The van der Waals surface area contributed by atoms with E-state index in [1.165, 1.54) is 6.92 Å². The maximum Gasteiger partial charge on any atom is 0.441 e. The highest BCUT2D eigenvalue weighted by Crippen LogP contribution is 1.85. The van der Waals surface area contributed by atoms with Crippen LogP contribution >= 0.6 is 0 Å². The van der Waals surface area contributed by atoms with E-state index in [-0.39, 0.29) is 5.57 Å². The maximum atomic E-state index is 10.6. The first-order valence-corrected chi connectivity index (χ1v) is 2.85. The number of hydrogen-bond donors (Lipinski definition) is 2. The molecule has 66 valence electrons. The minimum Gasteiger partial charge on any atom is -0.473 e. The zero-order valence-electron chi connectivity index (χ0n) is 6.29. The molecule has 0 spiro atoms. The van der Waals surface area contributed by atoms with Crippen LogP contribution in [-0.2, 0) is 19.2 Å². The SMILES string of the molecule is C=C(C)C(=O)NOC(=O)C(=O)O. The van der Waals surface area contributed by atoms with E-state index >= 15 is 0 Å². The summed E-state index contributed by atoms with van der Waals surface area (Å²) in [5, 5.41) is 7.99. The Morgan fingerprint density at radius 2 is 1.92 bits per heavy atom. The first-order valence-electron chi connectivity index (χ1n) is 2.85. The summed E-state index contributed by atoms with van der Waals surface area (Å²) < 4.78 is 0. The lowest BCUT2D eigenvalue weighted by molar-refractivity contribution is -0.170. The van der Waals surface area contributed by atoms with Gasteiger partial charge in [0.05, 0.1) is 0 Å². The van der Waals surface area contributed by atoms with Gasteiger partial charge in [0, 0.05) is 5.57 Å². The van der Waals surface area contributed by atoms with Gasteiger partial charge >= 0.3 is 11.9 Å². The molecular formula is C6H7NO5. The van der Waals surface area contributed by atoms with E-state index < -0.39 is 17.8 Å². The van der Waals surface area contributed by atoms with Gasteiger partial charge in [-0.05, 0) is 6.92 Å². The molecule has 0 aliphatic carbocycles. The topological polar surface area (TPSA) is 92.7 Å². The summed E-state index contributed by atoms with van der Waals surface area (Å²) in [6, 6.07) is 0. The van der Waals surface area contributed by atoms with Crippen LogP contribution in [0.25, 0.3) is 0 Å². The van der Waals surface area contributed by atoms with E-state index in [2.05, 4.69) is 11.4 Å². The van der Waals surface area contributed by atoms with Crippen molar-refractivity contribution in [3.63, 3.8) is 0 Å². The largest absolute Gasteiger partial charge is 0.473 e. The zero-order valence-corrected chi connectivity index (χ0v) is 6.29. The average Bonchev–Trinajstić information content (AvgIpc) is 1.98. The molecule has 6 heteroatoms. The lowest BCUT2D eigenvalue weighted by atomic mass is 10.3. The van der Waals surface area contributed by atoms with Crippen molar-refractivity contribution in [3.8, 4) is 0 Å². The Hall–Kier alpha value is -1.85. The van der Waals surface area contributed by atoms with Gasteiger partial charge in [-0.25, -0.2) is 9.59 Å². The van der Waals surface area contributed by atoms with Gasteiger partial charge in [0.15, 0.2) is 0 Å². The van der Waals surface area contributed by atoms with Gasteiger partial charge in [-0.15, -0.1) is 0 Å². The Balaban J connectivity index is 3.85. The van der Waals surface area contributed by atoms with Crippen molar-refractivity contribution in [2.45, 2.75) is 6.92 Å². The molecule has 0 radical (unpaired) electrons. The molecule has 0 aliphatic rings. The van der Waals surface area contributed by atoms with Crippen molar-refractivity contribution < 1.29 is 24.3 Å². The Morgan fingerprint density at radius 1 is 1.42 bits per heavy atom. The summed E-state index contributed by atoms with van der Waals surface area (Å²) in [6.45, 7) is 4.61. The van der Waals surface area contributed by atoms with E-state index in [1.807, 2.05) is 0 Å². The predicted octanol–water partition coefficient (Wildman–Crippen LogP) is -0.779. The van der Waals surface area contributed by atoms with Crippen molar-refractivity contribution in [1.29, 1.82) is 0 Å².